The minimum atomic E-state index is -4.68. The van der Waals surface area contributed by atoms with Crippen LogP contribution in [0.2, 0.25) is 0 Å². The van der Waals surface area contributed by atoms with Crippen molar-refractivity contribution in [3.05, 3.63) is 35.1 Å². The average molecular weight is 506 g/mol. The fourth-order valence-electron chi connectivity index (χ4n) is 1.98. The summed E-state index contributed by atoms with van der Waals surface area (Å²) in [4.78, 5) is 15.6. The summed E-state index contributed by atoms with van der Waals surface area (Å²) in [5, 5.41) is 8.13. The van der Waals surface area contributed by atoms with Crippen molar-refractivity contribution in [3.63, 3.8) is 0 Å². The summed E-state index contributed by atoms with van der Waals surface area (Å²) in [6.45, 7) is 2.50. The second kappa shape index (κ2) is 12.7. The van der Waals surface area contributed by atoms with Gasteiger partial charge in [0.25, 0.3) is 0 Å². The van der Waals surface area contributed by atoms with Crippen molar-refractivity contribution in [2.24, 2.45) is 4.99 Å². The van der Waals surface area contributed by atoms with Crippen LogP contribution in [0, 0.1) is 5.82 Å². The maximum atomic E-state index is 13.1. The highest BCUT2D eigenvalue weighted by molar-refractivity contribution is 14.0. The van der Waals surface area contributed by atoms with Gasteiger partial charge in [0.15, 0.2) is 5.96 Å². The molecule has 1 aromatic rings. The first kappa shape index (κ1) is 25.4. The van der Waals surface area contributed by atoms with Gasteiger partial charge in [0.1, 0.15) is 5.82 Å². The Balaban J connectivity index is 0.00000676. The van der Waals surface area contributed by atoms with Gasteiger partial charge in [-0.2, -0.15) is 13.2 Å². The summed E-state index contributed by atoms with van der Waals surface area (Å²) in [6.07, 6.45) is -4.68. The van der Waals surface area contributed by atoms with Crippen LogP contribution >= 0.6 is 24.0 Å². The Morgan fingerprint density at radius 3 is 2.52 bits per heavy atom. The third-order valence-electron chi connectivity index (χ3n) is 3.17. The molecule has 1 aromatic carbocycles. The van der Waals surface area contributed by atoms with Gasteiger partial charge >= 0.3 is 6.18 Å². The molecule has 0 unspecified atom stereocenters. The van der Waals surface area contributed by atoms with Gasteiger partial charge in [0.05, 0.1) is 25.3 Å². The first-order chi connectivity index (χ1) is 12.3. The Bertz CT molecular complexity index is 627. The van der Waals surface area contributed by atoms with E-state index in [0.29, 0.717) is 25.8 Å². The van der Waals surface area contributed by atoms with Crippen LogP contribution < -0.4 is 16.0 Å². The molecule has 3 N–H and O–H groups in total. The van der Waals surface area contributed by atoms with E-state index in [1.54, 1.807) is 6.92 Å². The van der Waals surface area contributed by atoms with E-state index < -0.39 is 17.6 Å². The minimum Gasteiger partial charge on any atom is -0.383 e. The van der Waals surface area contributed by atoms with Crippen molar-refractivity contribution in [2.45, 2.75) is 19.6 Å². The molecule has 0 radical (unpaired) electrons. The first-order valence-corrected chi connectivity index (χ1v) is 7.91. The molecule has 1 rings (SSSR count). The van der Waals surface area contributed by atoms with Gasteiger partial charge in [0.2, 0.25) is 5.91 Å². The summed E-state index contributed by atoms with van der Waals surface area (Å²) in [5.74, 6) is -1.11. The number of methoxy groups -OCH3 is 1. The largest absolute Gasteiger partial charge is 0.416 e. The van der Waals surface area contributed by atoms with E-state index in [2.05, 4.69) is 20.9 Å². The van der Waals surface area contributed by atoms with Gasteiger partial charge in [-0.25, -0.2) is 9.38 Å². The number of aliphatic imine (C=N–C) groups is 1. The van der Waals surface area contributed by atoms with Crippen LogP contribution in [0.3, 0.4) is 0 Å². The van der Waals surface area contributed by atoms with E-state index in [1.165, 1.54) is 7.11 Å². The molecule has 27 heavy (non-hydrogen) atoms. The molecule has 0 heterocycles. The average Bonchev–Trinajstić information content (AvgIpc) is 2.57. The van der Waals surface area contributed by atoms with Crippen molar-refractivity contribution < 1.29 is 27.1 Å². The smallest absolute Gasteiger partial charge is 0.383 e. The Kier molecular flexibility index (Phi) is 11.9. The lowest BCUT2D eigenvalue weighted by molar-refractivity contribution is -0.138. The van der Waals surface area contributed by atoms with Gasteiger partial charge in [-0.05, 0) is 24.6 Å². The zero-order valence-electron chi connectivity index (χ0n) is 15.0. The van der Waals surface area contributed by atoms with Crippen LogP contribution in [0.5, 0.6) is 0 Å². The number of nitrogens with one attached hydrogen (secondary N) is 3. The number of benzene rings is 1. The van der Waals surface area contributed by atoms with E-state index in [9.17, 15) is 22.4 Å². The van der Waals surface area contributed by atoms with Crippen LogP contribution in [0.4, 0.5) is 17.6 Å². The number of amides is 1. The second-order valence-electron chi connectivity index (χ2n) is 5.19. The third-order valence-corrected chi connectivity index (χ3v) is 3.17. The SMILES string of the molecule is CCNC(=NCc1ccc(F)cc1C(F)(F)F)NCC(=O)NCCOC.I. The lowest BCUT2D eigenvalue weighted by Gasteiger charge is -2.14. The van der Waals surface area contributed by atoms with Gasteiger partial charge in [-0.1, -0.05) is 6.07 Å². The molecule has 11 heteroatoms. The molecule has 0 fully saturated rings. The number of halogens is 5. The molecule has 0 spiro atoms. The van der Waals surface area contributed by atoms with Gasteiger partial charge < -0.3 is 20.7 Å². The van der Waals surface area contributed by atoms with E-state index in [-0.39, 0.29) is 54.5 Å². The number of nitrogens with zero attached hydrogens (tertiary/aromatic N) is 1. The summed E-state index contributed by atoms with van der Waals surface area (Å²) in [6, 6.07) is 2.43. The summed E-state index contributed by atoms with van der Waals surface area (Å²) in [5.41, 5.74) is -1.24. The van der Waals surface area contributed by atoms with Gasteiger partial charge in [-0.15, -0.1) is 24.0 Å². The van der Waals surface area contributed by atoms with E-state index in [0.717, 1.165) is 12.1 Å². The number of carbonyl (C=O) groups excluding carboxylic acids is 1. The number of alkyl halides is 3. The van der Waals surface area contributed by atoms with Crippen LogP contribution in [0.1, 0.15) is 18.1 Å². The van der Waals surface area contributed by atoms with E-state index in [4.69, 9.17) is 4.74 Å². The van der Waals surface area contributed by atoms with Crippen LogP contribution in [0.15, 0.2) is 23.2 Å². The predicted octanol–water partition coefficient (Wildman–Crippen LogP) is 2.28. The highest BCUT2D eigenvalue weighted by Gasteiger charge is 2.33. The lowest BCUT2D eigenvalue weighted by atomic mass is 10.1. The predicted molar refractivity (Wildman–Crippen MR) is 105 cm³/mol. The van der Waals surface area contributed by atoms with Gasteiger partial charge in [-0.3, -0.25) is 4.79 Å². The highest BCUT2D eigenvalue weighted by Crippen LogP contribution is 2.32. The second-order valence-corrected chi connectivity index (χ2v) is 5.19. The van der Waals surface area contributed by atoms with Gasteiger partial charge in [0, 0.05) is 20.2 Å². The summed E-state index contributed by atoms with van der Waals surface area (Å²) in [7, 11) is 1.50. The van der Waals surface area contributed by atoms with Crippen LogP contribution in [-0.4, -0.2) is 45.2 Å². The van der Waals surface area contributed by atoms with E-state index in [1.807, 2.05) is 0 Å². The standard InChI is InChI=1S/C16H22F4N4O2.HI/c1-3-21-15(24-10-14(25)22-6-7-26-2)23-9-11-4-5-12(17)8-13(11)16(18,19)20;/h4-5,8H,3,6-7,9-10H2,1-2H3,(H,22,25)(H2,21,23,24);1H. The maximum absolute atomic E-state index is 13.1. The zero-order chi connectivity index (χ0) is 19.6. The van der Waals surface area contributed by atoms with Crippen molar-refractivity contribution in [3.8, 4) is 0 Å². The fourth-order valence-corrected chi connectivity index (χ4v) is 1.98. The molecule has 1 amide bonds. The number of carbonyl (C=O) groups is 1. The molecule has 6 nitrogen and oxygen atoms in total. The number of hydrogen-bond acceptors (Lipinski definition) is 3. The van der Waals surface area contributed by atoms with Crippen LogP contribution in [-0.2, 0) is 22.3 Å². The normalized spacial score (nSPS) is 11.6. The molecule has 0 saturated heterocycles. The first-order valence-electron chi connectivity index (χ1n) is 7.91. The number of rotatable bonds is 8. The number of guanidine groups is 1. The molecular weight excluding hydrogens is 483 g/mol. The number of ether oxygens (including phenoxy) is 1. The molecule has 0 atom stereocenters. The Hall–Kier alpha value is -1.63. The summed E-state index contributed by atoms with van der Waals surface area (Å²) < 4.78 is 56.9. The number of hydrogen-bond donors (Lipinski definition) is 3. The Labute approximate surface area is 172 Å². The third kappa shape index (κ3) is 9.75. The van der Waals surface area contributed by atoms with Crippen molar-refractivity contribution in [1.82, 2.24) is 16.0 Å². The molecule has 154 valence electrons. The molecule has 0 bridgehead atoms. The zero-order valence-corrected chi connectivity index (χ0v) is 17.3. The summed E-state index contributed by atoms with van der Waals surface area (Å²) >= 11 is 0. The lowest BCUT2D eigenvalue weighted by Crippen LogP contribution is -2.43. The van der Waals surface area contributed by atoms with Crippen LogP contribution in [0.25, 0.3) is 0 Å². The Morgan fingerprint density at radius 2 is 1.93 bits per heavy atom. The van der Waals surface area contributed by atoms with Crippen molar-refractivity contribution in [1.29, 1.82) is 0 Å². The van der Waals surface area contributed by atoms with E-state index >= 15 is 0 Å². The minimum absolute atomic E-state index is 0. The monoisotopic (exact) mass is 506 g/mol. The molecule has 0 aliphatic rings. The fraction of sp³-hybridized carbons (Fsp3) is 0.500. The molecule has 0 aliphatic heterocycles. The molecule has 0 aromatic heterocycles. The Morgan fingerprint density at radius 1 is 1.22 bits per heavy atom. The molecule has 0 saturated carbocycles. The topological polar surface area (TPSA) is 74.8 Å². The van der Waals surface area contributed by atoms with Crippen molar-refractivity contribution in [2.75, 3.05) is 33.4 Å². The molecule has 0 aliphatic carbocycles. The van der Waals surface area contributed by atoms with Crippen molar-refractivity contribution >= 4 is 35.8 Å². The highest BCUT2D eigenvalue weighted by atomic mass is 127. The molecular formula is C16H23F4IN4O2. The quantitative estimate of drug-likeness (QED) is 0.166. The maximum Gasteiger partial charge on any atom is 0.416 e.